The van der Waals surface area contributed by atoms with E-state index in [1.807, 2.05) is 0 Å². The monoisotopic (exact) mass is 878 g/mol. The molecule has 0 bridgehead atoms. The van der Waals surface area contributed by atoms with Crippen LogP contribution in [0.25, 0.3) is 0 Å². The summed E-state index contributed by atoms with van der Waals surface area (Å²) in [5.74, 6) is -0.710. The largest absolute Gasteiger partial charge is 0.397 e. The summed E-state index contributed by atoms with van der Waals surface area (Å²) in [4.78, 5) is 13.1. The van der Waals surface area contributed by atoms with E-state index in [-0.39, 0.29) is 6.42 Å². The van der Waals surface area contributed by atoms with Crippen molar-refractivity contribution in [1.29, 1.82) is 0 Å². The number of hydrogen-bond donors (Lipinski definition) is 7. The Morgan fingerprint density at radius 1 is 0.667 bits per heavy atom. The quantitative estimate of drug-likeness (QED) is 0.0176. The first-order chi connectivity index (χ1) is 28.9. The lowest BCUT2D eigenvalue weighted by atomic mass is 9.99. The highest BCUT2D eigenvalue weighted by Gasteiger charge is 2.48. The van der Waals surface area contributed by atoms with Crippen molar-refractivity contribution in [3.63, 3.8) is 0 Å². The molecule has 1 rings (SSSR count). The summed E-state index contributed by atoms with van der Waals surface area (Å²) in [5, 5.41) is 55.2. The summed E-state index contributed by atoms with van der Waals surface area (Å²) in [5.41, 5.74) is 0. The normalized spacial score (nSPS) is 21.5. The number of amides is 1. The van der Waals surface area contributed by atoms with E-state index in [9.17, 15) is 43.3 Å². The Morgan fingerprint density at radius 3 is 1.60 bits per heavy atom. The number of aliphatic hydroxyl groups excluding tert-OH is 5. The summed E-state index contributed by atoms with van der Waals surface area (Å²) >= 11 is 0. The van der Waals surface area contributed by atoms with Crippen molar-refractivity contribution in [3.8, 4) is 0 Å². The minimum Gasteiger partial charge on any atom is -0.394 e. The maximum absolute atomic E-state index is 13.1. The van der Waals surface area contributed by atoms with Gasteiger partial charge in [0.2, 0.25) is 5.91 Å². The second-order valence-corrected chi connectivity index (χ2v) is 17.9. The molecule has 1 amide bonds. The lowest BCUT2D eigenvalue weighted by Gasteiger charge is -2.41. The highest BCUT2D eigenvalue weighted by atomic mass is 32.3. The zero-order chi connectivity index (χ0) is 44.3. The molecular weight excluding hydrogens is 791 g/mol. The zero-order valence-electron chi connectivity index (χ0n) is 37.4. The summed E-state index contributed by atoms with van der Waals surface area (Å²) < 4.78 is 47.5. The predicted molar refractivity (Wildman–Crippen MR) is 238 cm³/mol. The number of allylic oxidation sites excluding steroid dienone is 3. The van der Waals surface area contributed by atoms with Gasteiger partial charge in [-0.1, -0.05) is 192 Å². The van der Waals surface area contributed by atoms with E-state index in [0.717, 1.165) is 38.5 Å². The van der Waals surface area contributed by atoms with E-state index in [1.54, 1.807) is 6.08 Å². The average molecular weight is 878 g/mol. The van der Waals surface area contributed by atoms with Crippen LogP contribution >= 0.6 is 0 Å². The molecule has 1 heterocycles. The number of carbonyl (C=O) groups is 1. The van der Waals surface area contributed by atoms with Gasteiger partial charge in [-0.3, -0.25) is 9.35 Å². The first kappa shape index (κ1) is 56.6. The summed E-state index contributed by atoms with van der Waals surface area (Å²) in [6, 6.07) is -1.13. The van der Waals surface area contributed by atoms with Crippen molar-refractivity contribution in [2.24, 2.45) is 0 Å². The van der Waals surface area contributed by atoms with Gasteiger partial charge in [0.25, 0.3) is 0 Å². The van der Waals surface area contributed by atoms with Crippen LogP contribution in [-0.4, -0.2) is 107 Å². The van der Waals surface area contributed by atoms with E-state index in [0.29, 0.717) is 12.8 Å². The molecule has 1 saturated heterocycles. The Balaban J connectivity index is 2.60. The van der Waals surface area contributed by atoms with Gasteiger partial charge in [0.1, 0.15) is 30.5 Å². The first-order valence-corrected chi connectivity index (χ1v) is 25.2. The predicted octanol–water partition coefficient (Wildman–Crippen LogP) is 8.30. The van der Waals surface area contributed by atoms with Crippen LogP contribution in [0.1, 0.15) is 200 Å². The molecule has 1 fully saturated rings. The van der Waals surface area contributed by atoms with E-state index in [2.05, 4.69) is 35.5 Å². The number of ether oxygens (including phenoxy) is 2. The smallest absolute Gasteiger partial charge is 0.394 e. The number of carbonyl (C=O) groups excluding carboxylic acids is 1. The standard InChI is InChI=1S/C46H87NO12S/c1-3-5-7-9-11-13-15-17-19-21-22-24-26-28-30-32-34-39(49)38(37-57-46-43(52)44(59-60(54,55)56)42(51)41(36-48)58-46)47-45(53)40(50)35-33-31-29-27-25-23-20-18-16-14-12-10-8-6-4-2/h24,26,32,34,38-44,46,48-52H,3-23,25,27-31,33,35-37H2,1-2H3,(H,47,53)(H,54,55,56)/b26-24+,34-32+. The average Bonchev–Trinajstić information content (AvgIpc) is 3.22. The maximum Gasteiger partial charge on any atom is 0.397 e. The minimum absolute atomic E-state index is 0.240. The lowest BCUT2D eigenvalue weighted by molar-refractivity contribution is -0.298. The number of aliphatic hydroxyl groups is 5. The zero-order valence-corrected chi connectivity index (χ0v) is 38.2. The van der Waals surface area contributed by atoms with E-state index in [1.165, 1.54) is 134 Å². The molecular formula is C46H87NO12S. The molecule has 0 spiro atoms. The Bertz CT molecular complexity index is 1190. The van der Waals surface area contributed by atoms with E-state index >= 15 is 0 Å². The minimum atomic E-state index is -5.12. The van der Waals surface area contributed by atoms with Gasteiger partial charge in [-0.2, -0.15) is 8.42 Å². The molecule has 0 aliphatic carbocycles. The molecule has 354 valence electrons. The fourth-order valence-corrected chi connectivity index (χ4v) is 8.04. The van der Waals surface area contributed by atoms with Gasteiger partial charge in [-0.05, 0) is 32.1 Å². The van der Waals surface area contributed by atoms with Gasteiger partial charge in [-0.25, -0.2) is 4.18 Å². The van der Waals surface area contributed by atoms with Crippen LogP contribution in [0.2, 0.25) is 0 Å². The van der Waals surface area contributed by atoms with Gasteiger partial charge in [0, 0.05) is 0 Å². The molecule has 7 N–H and O–H groups in total. The van der Waals surface area contributed by atoms with Crippen molar-refractivity contribution in [2.45, 2.75) is 249 Å². The Hall–Kier alpha value is -1.46. The third kappa shape index (κ3) is 29.0. The van der Waals surface area contributed by atoms with Crippen molar-refractivity contribution >= 4 is 16.3 Å². The molecule has 13 nitrogen and oxygen atoms in total. The maximum atomic E-state index is 13.1. The van der Waals surface area contributed by atoms with Crippen LogP contribution in [0.4, 0.5) is 0 Å². The number of nitrogens with one attached hydrogen (secondary N) is 1. The fourth-order valence-electron chi connectivity index (χ4n) is 7.54. The van der Waals surface area contributed by atoms with Gasteiger partial charge in [0.15, 0.2) is 6.29 Å². The Morgan fingerprint density at radius 2 is 1.12 bits per heavy atom. The second-order valence-electron chi connectivity index (χ2n) is 16.8. The van der Waals surface area contributed by atoms with Crippen LogP contribution in [0.5, 0.6) is 0 Å². The molecule has 0 aromatic heterocycles. The van der Waals surface area contributed by atoms with Gasteiger partial charge < -0.3 is 40.3 Å². The summed E-state index contributed by atoms with van der Waals surface area (Å²) in [6.45, 7) is 3.20. The van der Waals surface area contributed by atoms with Gasteiger partial charge in [0.05, 0.1) is 25.4 Å². The molecule has 0 saturated carbocycles. The fraction of sp³-hybridized carbons (Fsp3) is 0.891. The molecule has 0 aromatic carbocycles. The van der Waals surface area contributed by atoms with Crippen molar-refractivity contribution in [3.05, 3.63) is 24.3 Å². The molecule has 8 atom stereocenters. The van der Waals surface area contributed by atoms with Crippen LogP contribution in [0.15, 0.2) is 24.3 Å². The molecule has 1 aliphatic rings. The Kier molecular flexibility index (Phi) is 34.8. The number of hydrogen-bond acceptors (Lipinski definition) is 11. The summed E-state index contributed by atoms with van der Waals surface area (Å²) in [7, 11) is -5.12. The van der Waals surface area contributed by atoms with E-state index in [4.69, 9.17) is 9.47 Å². The van der Waals surface area contributed by atoms with Gasteiger partial charge >= 0.3 is 10.4 Å². The van der Waals surface area contributed by atoms with Crippen molar-refractivity contribution < 1.29 is 57.0 Å². The highest BCUT2D eigenvalue weighted by molar-refractivity contribution is 7.80. The van der Waals surface area contributed by atoms with Crippen molar-refractivity contribution in [1.82, 2.24) is 5.32 Å². The van der Waals surface area contributed by atoms with Crippen molar-refractivity contribution in [2.75, 3.05) is 13.2 Å². The second kappa shape index (κ2) is 37.0. The third-order valence-electron chi connectivity index (χ3n) is 11.3. The summed E-state index contributed by atoms with van der Waals surface area (Å²) in [6.07, 6.45) is 29.7. The molecule has 14 heteroatoms. The lowest BCUT2D eigenvalue weighted by Crippen LogP contribution is -2.61. The first-order valence-electron chi connectivity index (χ1n) is 23.8. The molecule has 60 heavy (non-hydrogen) atoms. The topological polar surface area (TPSA) is 212 Å². The number of rotatable bonds is 40. The van der Waals surface area contributed by atoms with E-state index < -0.39 is 78.5 Å². The molecule has 0 aromatic rings. The molecule has 1 aliphatic heterocycles. The SMILES string of the molecule is CCCCCCCCCCCC/C=C/CC/C=C/C(O)C(COC1OC(CO)C(O)C(OS(=O)(=O)O)C1O)NC(=O)C(O)CCCCCCCCCCCCCCCCC. The van der Waals surface area contributed by atoms with Gasteiger partial charge in [-0.15, -0.1) is 0 Å². The highest BCUT2D eigenvalue weighted by Crippen LogP contribution is 2.26. The Labute approximate surface area is 364 Å². The van der Waals surface area contributed by atoms with Crippen LogP contribution in [0.3, 0.4) is 0 Å². The van der Waals surface area contributed by atoms with Crippen LogP contribution < -0.4 is 5.32 Å². The van der Waals surface area contributed by atoms with Crippen LogP contribution in [-0.2, 0) is 28.9 Å². The molecule has 8 unspecified atom stereocenters. The van der Waals surface area contributed by atoms with Crippen LogP contribution in [0, 0.1) is 0 Å². The molecule has 0 radical (unpaired) electrons. The number of unbranched alkanes of at least 4 members (excludes halogenated alkanes) is 25. The third-order valence-corrected chi connectivity index (χ3v) is 11.8.